The summed E-state index contributed by atoms with van der Waals surface area (Å²) in [5.41, 5.74) is 0.182. The molecule has 1 aliphatic rings. The number of alkyl halides is 3. The van der Waals surface area contributed by atoms with Crippen molar-refractivity contribution in [1.29, 1.82) is 0 Å². The van der Waals surface area contributed by atoms with Gasteiger partial charge in [0.05, 0.1) is 33.3 Å². The molecular formula is C24H21F3N4O4S. The van der Waals surface area contributed by atoms with Crippen LogP contribution in [0.15, 0.2) is 53.9 Å². The molecule has 1 aromatic heterocycles. The highest BCUT2D eigenvalue weighted by molar-refractivity contribution is 7.10. The number of amides is 2. The number of piperidine rings is 1. The molecule has 2 heterocycles. The number of thiazole rings is 1. The Morgan fingerprint density at radius 3 is 2.42 bits per heavy atom. The number of nitrogens with zero attached hydrogens (tertiary/aromatic N) is 3. The molecule has 12 heteroatoms. The summed E-state index contributed by atoms with van der Waals surface area (Å²) in [5.74, 6) is -0.803. The maximum absolute atomic E-state index is 12.7. The summed E-state index contributed by atoms with van der Waals surface area (Å²) in [6.07, 6.45) is -3.18. The van der Waals surface area contributed by atoms with Gasteiger partial charge in [-0.25, -0.2) is 4.98 Å². The summed E-state index contributed by atoms with van der Waals surface area (Å²) >= 11 is 1.43. The summed E-state index contributed by atoms with van der Waals surface area (Å²) in [7, 11) is 0. The number of rotatable bonds is 6. The molecule has 1 saturated heterocycles. The first-order chi connectivity index (χ1) is 17.1. The van der Waals surface area contributed by atoms with Gasteiger partial charge in [-0.05, 0) is 43.2 Å². The van der Waals surface area contributed by atoms with Crippen molar-refractivity contribution in [3.05, 3.63) is 80.2 Å². The topological polar surface area (TPSA) is 105 Å². The molecule has 0 spiro atoms. The molecule has 0 unspecified atom stereocenters. The fourth-order valence-corrected chi connectivity index (χ4v) is 5.00. The van der Waals surface area contributed by atoms with Crippen molar-refractivity contribution in [2.45, 2.75) is 24.9 Å². The SMILES string of the molecule is O=C(NCC(=O)N1CCC(c2nc(-c3ccccc3[N+](=O)[O-])cs2)CC1)c1ccc(C(F)(F)F)cc1. The van der Waals surface area contributed by atoms with Crippen LogP contribution in [0.25, 0.3) is 11.3 Å². The predicted molar refractivity (Wildman–Crippen MR) is 127 cm³/mol. The predicted octanol–water partition coefficient (Wildman–Crippen LogP) is 4.87. The molecule has 1 fully saturated rings. The van der Waals surface area contributed by atoms with Gasteiger partial charge in [0.1, 0.15) is 0 Å². The van der Waals surface area contributed by atoms with Gasteiger partial charge < -0.3 is 10.2 Å². The van der Waals surface area contributed by atoms with Gasteiger partial charge >= 0.3 is 6.18 Å². The maximum atomic E-state index is 12.7. The summed E-state index contributed by atoms with van der Waals surface area (Å²) in [6.45, 7) is 0.656. The average molecular weight is 519 g/mol. The Morgan fingerprint density at radius 1 is 1.11 bits per heavy atom. The molecule has 0 radical (unpaired) electrons. The van der Waals surface area contributed by atoms with E-state index >= 15 is 0 Å². The van der Waals surface area contributed by atoms with Gasteiger partial charge in [0.15, 0.2) is 0 Å². The number of nitrogens with one attached hydrogen (secondary N) is 1. The molecular weight excluding hydrogens is 497 g/mol. The van der Waals surface area contributed by atoms with E-state index in [0.717, 1.165) is 29.3 Å². The Labute approximate surface area is 207 Å². The van der Waals surface area contributed by atoms with Crippen LogP contribution in [0.5, 0.6) is 0 Å². The molecule has 2 aromatic carbocycles. The van der Waals surface area contributed by atoms with Crippen molar-refractivity contribution in [1.82, 2.24) is 15.2 Å². The van der Waals surface area contributed by atoms with E-state index in [1.54, 1.807) is 28.5 Å². The average Bonchev–Trinajstić information content (AvgIpc) is 3.37. The van der Waals surface area contributed by atoms with Gasteiger partial charge in [0, 0.05) is 36.0 Å². The lowest BCUT2D eigenvalue weighted by Crippen LogP contribution is -2.43. The summed E-state index contributed by atoms with van der Waals surface area (Å²) < 4.78 is 38.0. The van der Waals surface area contributed by atoms with E-state index < -0.39 is 22.6 Å². The highest BCUT2D eigenvalue weighted by atomic mass is 32.1. The molecule has 1 N–H and O–H groups in total. The van der Waals surface area contributed by atoms with Crippen LogP contribution in [0, 0.1) is 10.1 Å². The van der Waals surface area contributed by atoms with Gasteiger partial charge in [-0.2, -0.15) is 13.2 Å². The van der Waals surface area contributed by atoms with Crippen LogP contribution in [0.3, 0.4) is 0 Å². The third-order valence-corrected chi connectivity index (χ3v) is 6.98. The quantitative estimate of drug-likeness (QED) is 0.370. The Balaban J connectivity index is 1.29. The molecule has 36 heavy (non-hydrogen) atoms. The molecule has 0 aliphatic carbocycles. The molecule has 0 bridgehead atoms. The van der Waals surface area contributed by atoms with E-state index in [9.17, 15) is 32.9 Å². The Morgan fingerprint density at radius 2 is 1.78 bits per heavy atom. The number of halogens is 3. The zero-order chi connectivity index (χ0) is 25.9. The van der Waals surface area contributed by atoms with Crippen LogP contribution in [-0.2, 0) is 11.0 Å². The standard InChI is InChI=1S/C24H21F3N4O4S/c25-24(26,27)17-7-5-15(6-8-17)22(33)28-13-21(32)30-11-9-16(10-12-30)23-29-19(14-36-23)18-3-1-2-4-20(18)31(34)35/h1-8,14,16H,9-13H2,(H,28,33). The number of benzene rings is 2. The maximum Gasteiger partial charge on any atom is 0.416 e. The van der Waals surface area contributed by atoms with E-state index in [2.05, 4.69) is 10.3 Å². The summed E-state index contributed by atoms with van der Waals surface area (Å²) in [4.78, 5) is 41.9. The largest absolute Gasteiger partial charge is 0.416 e. The number of hydrogen-bond donors (Lipinski definition) is 1. The van der Waals surface area contributed by atoms with Crippen LogP contribution in [0.1, 0.15) is 39.7 Å². The molecule has 1 aliphatic heterocycles. The van der Waals surface area contributed by atoms with Gasteiger partial charge in [-0.3, -0.25) is 19.7 Å². The number of carbonyl (C=O) groups is 2. The van der Waals surface area contributed by atoms with Crippen LogP contribution >= 0.6 is 11.3 Å². The number of likely N-dealkylation sites (tertiary alicyclic amines) is 1. The van der Waals surface area contributed by atoms with Crippen molar-refractivity contribution in [2.24, 2.45) is 0 Å². The number of nitro benzene ring substituents is 1. The molecule has 3 aromatic rings. The normalized spacial score (nSPS) is 14.5. The lowest BCUT2D eigenvalue weighted by Gasteiger charge is -2.31. The van der Waals surface area contributed by atoms with Crippen molar-refractivity contribution in [3.63, 3.8) is 0 Å². The van der Waals surface area contributed by atoms with E-state index in [1.165, 1.54) is 17.4 Å². The second-order valence-corrected chi connectivity index (χ2v) is 9.15. The Bertz CT molecular complexity index is 1270. The minimum Gasteiger partial charge on any atom is -0.343 e. The molecule has 4 rings (SSSR count). The second kappa shape index (κ2) is 10.4. The van der Waals surface area contributed by atoms with Crippen molar-refractivity contribution in [3.8, 4) is 11.3 Å². The highest BCUT2D eigenvalue weighted by Crippen LogP contribution is 2.35. The highest BCUT2D eigenvalue weighted by Gasteiger charge is 2.30. The number of nitro groups is 1. The van der Waals surface area contributed by atoms with E-state index in [1.807, 2.05) is 0 Å². The van der Waals surface area contributed by atoms with Crippen LogP contribution in [0.2, 0.25) is 0 Å². The number of aromatic nitrogens is 1. The monoisotopic (exact) mass is 518 g/mol. The first kappa shape index (κ1) is 25.3. The van der Waals surface area contributed by atoms with Crippen LogP contribution < -0.4 is 5.32 Å². The van der Waals surface area contributed by atoms with Crippen molar-refractivity contribution in [2.75, 3.05) is 19.6 Å². The first-order valence-electron chi connectivity index (χ1n) is 11.1. The van der Waals surface area contributed by atoms with Crippen molar-refractivity contribution < 1.29 is 27.7 Å². The number of hydrogen-bond acceptors (Lipinski definition) is 6. The Hall–Kier alpha value is -3.80. The smallest absolute Gasteiger partial charge is 0.343 e. The zero-order valence-electron chi connectivity index (χ0n) is 18.8. The fraction of sp³-hybridized carbons (Fsp3) is 0.292. The lowest BCUT2D eigenvalue weighted by molar-refractivity contribution is -0.384. The Kier molecular flexibility index (Phi) is 7.34. The van der Waals surface area contributed by atoms with Gasteiger partial charge in [0.2, 0.25) is 5.91 Å². The zero-order valence-corrected chi connectivity index (χ0v) is 19.6. The van der Waals surface area contributed by atoms with Crippen LogP contribution in [-0.4, -0.2) is 46.3 Å². The molecule has 8 nitrogen and oxygen atoms in total. The minimum atomic E-state index is -4.49. The van der Waals surface area contributed by atoms with Crippen molar-refractivity contribution >= 4 is 28.8 Å². The molecule has 0 saturated carbocycles. The molecule has 0 atom stereocenters. The van der Waals surface area contributed by atoms with Gasteiger partial charge in [-0.15, -0.1) is 11.3 Å². The second-order valence-electron chi connectivity index (χ2n) is 8.26. The van der Waals surface area contributed by atoms with Gasteiger partial charge in [-0.1, -0.05) is 12.1 Å². The molecule has 188 valence electrons. The van der Waals surface area contributed by atoms with Crippen LogP contribution in [0.4, 0.5) is 18.9 Å². The lowest BCUT2D eigenvalue weighted by atomic mass is 9.97. The summed E-state index contributed by atoms with van der Waals surface area (Å²) in [6, 6.07) is 10.2. The van der Waals surface area contributed by atoms with E-state index in [-0.39, 0.29) is 29.6 Å². The number of carbonyl (C=O) groups excluding carboxylic acids is 2. The minimum absolute atomic E-state index is 0.00638. The molecule has 2 amide bonds. The fourth-order valence-electron chi connectivity index (χ4n) is 4.00. The first-order valence-corrected chi connectivity index (χ1v) is 11.9. The van der Waals surface area contributed by atoms with Gasteiger partial charge in [0.25, 0.3) is 11.6 Å². The third kappa shape index (κ3) is 5.70. The third-order valence-electron chi connectivity index (χ3n) is 5.97. The number of para-hydroxylation sites is 1. The van der Waals surface area contributed by atoms with E-state index in [4.69, 9.17) is 0 Å². The summed E-state index contributed by atoms with van der Waals surface area (Å²) in [5, 5.41) is 16.4. The van der Waals surface area contributed by atoms with E-state index in [0.29, 0.717) is 37.2 Å².